The number of nitrogens with one attached hydrogen (secondary N) is 1. The molecule has 0 radical (unpaired) electrons. The zero-order valence-corrected chi connectivity index (χ0v) is 14.8. The van der Waals surface area contributed by atoms with E-state index in [4.69, 9.17) is 9.47 Å². The Morgan fingerprint density at radius 2 is 1.92 bits per heavy atom. The number of carbonyl (C=O) groups is 1. The van der Waals surface area contributed by atoms with E-state index in [0.29, 0.717) is 19.6 Å². The first-order valence-corrected chi connectivity index (χ1v) is 8.40. The Morgan fingerprint density at radius 1 is 1.16 bits per heavy atom. The fourth-order valence-electron chi connectivity index (χ4n) is 2.43. The molecule has 1 amide bonds. The molecule has 0 fully saturated rings. The van der Waals surface area contributed by atoms with Gasteiger partial charge in [0.05, 0.1) is 6.54 Å². The van der Waals surface area contributed by atoms with Crippen LogP contribution in [-0.4, -0.2) is 25.2 Å². The number of amides is 1. The van der Waals surface area contributed by atoms with Crippen LogP contribution < -0.4 is 14.8 Å². The smallest absolute Gasteiger partial charge is 0.261 e. The standard InChI is InChI=1S/C20H24FNO3/c1-4-17(25-19-8-6-5-7-16(19)21)20(23)22-11-12-24-18-10-9-14(2)13-15(18)3/h5-10,13,17H,4,11-12H2,1-3H3,(H,22,23)/t17-/m1/s1. The number of aryl methyl sites for hydroxylation is 2. The molecule has 4 nitrogen and oxygen atoms in total. The van der Waals surface area contributed by atoms with Gasteiger partial charge in [-0.2, -0.15) is 0 Å². The van der Waals surface area contributed by atoms with Crippen LogP contribution in [0, 0.1) is 19.7 Å². The van der Waals surface area contributed by atoms with Gasteiger partial charge in [0.2, 0.25) is 0 Å². The minimum atomic E-state index is -0.738. The molecule has 5 heteroatoms. The molecule has 0 aliphatic heterocycles. The molecule has 2 aromatic rings. The van der Waals surface area contributed by atoms with Crippen molar-refractivity contribution in [3.05, 3.63) is 59.4 Å². The Balaban J connectivity index is 1.81. The van der Waals surface area contributed by atoms with Crippen molar-refractivity contribution in [2.24, 2.45) is 0 Å². The first-order valence-electron chi connectivity index (χ1n) is 8.40. The highest BCUT2D eigenvalue weighted by atomic mass is 19.1. The number of carbonyl (C=O) groups excluding carboxylic acids is 1. The average Bonchev–Trinajstić information content (AvgIpc) is 2.59. The van der Waals surface area contributed by atoms with Crippen LogP contribution in [0.5, 0.6) is 11.5 Å². The van der Waals surface area contributed by atoms with E-state index in [-0.39, 0.29) is 11.7 Å². The molecule has 0 saturated carbocycles. The van der Waals surface area contributed by atoms with Crippen LogP contribution in [0.4, 0.5) is 4.39 Å². The average molecular weight is 345 g/mol. The molecule has 0 aliphatic carbocycles. The molecule has 0 saturated heterocycles. The third kappa shape index (κ3) is 5.48. The van der Waals surface area contributed by atoms with Gasteiger partial charge in [-0.3, -0.25) is 4.79 Å². The van der Waals surface area contributed by atoms with Crippen LogP contribution in [0.2, 0.25) is 0 Å². The Kier molecular flexibility index (Phi) is 6.81. The lowest BCUT2D eigenvalue weighted by Gasteiger charge is -2.18. The fraction of sp³-hybridized carbons (Fsp3) is 0.350. The highest BCUT2D eigenvalue weighted by Gasteiger charge is 2.19. The molecule has 2 rings (SSSR count). The van der Waals surface area contributed by atoms with Gasteiger partial charge in [0.15, 0.2) is 17.7 Å². The molecule has 0 unspecified atom stereocenters. The molecule has 1 N–H and O–H groups in total. The Labute approximate surface area is 148 Å². The minimum Gasteiger partial charge on any atom is -0.491 e. The molecule has 2 aromatic carbocycles. The number of para-hydroxylation sites is 1. The normalized spacial score (nSPS) is 11.7. The van der Waals surface area contributed by atoms with Crippen molar-refractivity contribution in [2.45, 2.75) is 33.3 Å². The van der Waals surface area contributed by atoms with Crippen LogP contribution in [0.25, 0.3) is 0 Å². The van der Waals surface area contributed by atoms with Crippen LogP contribution in [0.15, 0.2) is 42.5 Å². The van der Waals surface area contributed by atoms with Crippen molar-refractivity contribution >= 4 is 5.91 Å². The van der Waals surface area contributed by atoms with Gasteiger partial charge in [0.1, 0.15) is 12.4 Å². The van der Waals surface area contributed by atoms with Crippen molar-refractivity contribution in [2.75, 3.05) is 13.2 Å². The Hall–Kier alpha value is -2.56. The summed E-state index contributed by atoms with van der Waals surface area (Å²) in [6, 6.07) is 12.0. The van der Waals surface area contributed by atoms with E-state index in [2.05, 4.69) is 5.32 Å². The number of ether oxygens (including phenoxy) is 2. The van der Waals surface area contributed by atoms with Crippen LogP contribution >= 0.6 is 0 Å². The third-order valence-electron chi connectivity index (χ3n) is 3.76. The molecule has 1 atom stereocenters. The highest BCUT2D eigenvalue weighted by Crippen LogP contribution is 2.19. The monoisotopic (exact) mass is 345 g/mol. The van der Waals surface area contributed by atoms with Crippen LogP contribution in [0.3, 0.4) is 0 Å². The zero-order chi connectivity index (χ0) is 18.2. The first-order chi connectivity index (χ1) is 12.0. The molecule has 0 bridgehead atoms. The van der Waals surface area contributed by atoms with Gasteiger partial charge in [-0.1, -0.05) is 36.8 Å². The maximum atomic E-state index is 13.6. The number of rotatable bonds is 8. The molecule has 0 aromatic heterocycles. The maximum absolute atomic E-state index is 13.6. The van der Waals surface area contributed by atoms with Gasteiger partial charge in [0.25, 0.3) is 5.91 Å². The van der Waals surface area contributed by atoms with Gasteiger partial charge in [-0.25, -0.2) is 4.39 Å². The summed E-state index contributed by atoms with van der Waals surface area (Å²) < 4.78 is 24.8. The van der Waals surface area contributed by atoms with E-state index >= 15 is 0 Å². The number of hydrogen-bond acceptors (Lipinski definition) is 3. The third-order valence-corrected chi connectivity index (χ3v) is 3.76. The summed E-state index contributed by atoms with van der Waals surface area (Å²) in [5.74, 6) is 0.118. The van der Waals surface area contributed by atoms with E-state index in [1.165, 1.54) is 17.7 Å². The SMILES string of the molecule is CC[C@@H](Oc1ccccc1F)C(=O)NCCOc1ccc(C)cc1C. The predicted molar refractivity (Wildman–Crippen MR) is 95.5 cm³/mol. The van der Waals surface area contributed by atoms with Crippen molar-refractivity contribution in [3.8, 4) is 11.5 Å². The van der Waals surface area contributed by atoms with Crippen LogP contribution in [0.1, 0.15) is 24.5 Å². The summed E-state index contributed by atoms with van der Waals surface area (Å²) in [5.41, 5.74) is 2.23. The van der Waals surface area contributed by atoms with E-state index < -0.39 is 11.9 Å². The second-order valence-corrected chi connectivity index (χ2v) is 5.85. The molecular weight excluding hydrogens is 321 g/mol. The first kappa shape index (κ1) is 18.8. The van der Waals surface area contributed by atoms with E-state index in [1.807, 2.05) is 39.0 Å². The fourth-order valence-corrected chi connectivity index (χ4v) is 2.43. The zero-order valence-electron chi connectivity index (χ0n) is 14.8. The summed E-state index contributed by atoms with van der Waals surface area (Å²) in [4.78, 5) is 12.2. The van der Waals surface area contributed by atoms with Crippen molar-refractivity contribution < 1.29 is 18.7 Å². The summed E-state index contributed by atoms with van der Waals surface area (Å²) in [5, 5.41) is 2.76. The number of benzene rings is 2. The van der Waals surface area contributed by atoms with Gasteiger partial charge in [0, 0.05) is 0 Å². The summed E-state index contributed by atoms with van der Waals surface area (Å²) >= 11 is 0. The number of halogens is 1. The predicted octanol–water partition coefficient (Wildman–Crippen LogP) is 3.80. The molecule has 134 valence electrons. The van der Waals surface area contributed by atoms with E-state index in [1.54, 1.807) is 12.1 Å². The molecule has 0 aliphatic rings. The molecule has 25 heavy (non-hydrogen) atoms. The van der Waals surface area contributed by atoms with Gasteiger partial charge < -0.3 is 14.8 Å². The maximum Gasteiger partial charge on any atom is 0.261 e. The lowest BCUT2D eigenvalue weighted by molar-refractivity contribution is -0.128. The van der Waals surface area contributed by atoms with Crippen molar-refractivity contribution in [1.29, 1.82) is 0 Å². The topological polar surface area (TPSA) is 47.6 Å². The molecule has 0 spiro atoms. The summed E-state index contributed by atoms with van der Waals surface area (Å²) in [6.45, 7) is 6.53. The quantitative estimate of drug-likeness (QED) is 0.741. The summed E-state index contributed by atoms with van der Waals surface area (Å²) in [7, 11) is 0. The van der Waals surface area contributed by atoms with Gasteiger partial charge >= 0.3 is 0 Å². The lowest BCUT2D eigenvalue weighted by atomic mass is 10.1. The summed E-state index contributed by atoms with van der Waals surface area (Å²) in [6.07, 6.45) is -0.295. The number of hydrogen-bond donors (Lipinski definition) is 1. The molecule has 0 heterocycles. The van der Waals surface area contributed by atoms with Gasteiger partial charge in [-0.05, 0) is 44.0 Å². The Morgan fingerprint density at radius 3 is 2.60 bits per heavy atom. The largest absolute Gasteiger partial charge is 0.491 e. The van der Waals surface area contributed by atoms with E-state index in [0.717, 1.165) is 11.3 Å². The highest BCUT2D eigenvalue weighted by molar-refractivity contribution is 5.81. The Bertz CT molecular complexity index is 718. The minimum absolute atomic E-state index is 0.0797. The van der Waals surface area contributed by atoms with Crippen LogP contribution in [-0.2, 0) is 4.79 Å². The second-order valence-electron chi connectivity index (χ2n) is 5.85. The van der Waals surface area contributed by atoms with Crippen molar-refractivity contribution in [3.63, 3.8) is 0 Å². The second kappa shape index (κ2) is 9.06. The van der Waals surface area contributed by atoms with Gasteiger partial charge in [-0.15, -0.1) is 0 Å². The van der Waals surface area contributed by atoms with E-state index in [9.17, 15) is 9.18 Å². The van der Waals surface area contributed by atoms with Crippen molar-refractivity contribution in [1.82, 2.24) is 5.32 Å². The lowest BCUT2D eigenvalue weighted by Crippen LogP contribution is -2.39. The molecular formula is C20H24FNO3.